The molecule has 1 aliphatic rings. The maximum atomic E-state index is 12.1. The quantitative estimate of drug-likeness (QED) is 0.320. The Morgan fingerprint density at radius 2 is 2.33 bits per heavy atom. The fourth-order valence-corrected chi connectivity index (χ4v) is 2.22. The SMILES string of the molecule is CCC(NC(=O)C1Cc2ccccc21)/C(N)=N/O. The van der Waals surface area contributed by atoms with E-state index in [0.29, 0.717) is 6.42 Å². The Kier molecular flexibility index (Phi) is 3.50. The van der Waals surface area contributed by atoms with E-state index in [4.69, 9.17) is 10.9 Å². The molecular weight excluding hydrogens is 230 g/mol. The highest BCUT2D eigenvalue weighted by atomic mass is 16.4. The van der Waals surface area contributed by atoms with Crippen LogP contribution in [-0.4, -0.2) is 23.0 Å². The first-order valence-electron chi connectivity index (χ1n) is 6.03. The van der Waals surface area contributed by atoms with Crippen molar-refractivity contribution in [3.63, 3.8) is 0 Å². The molecule has 0 aliphatic heterocycles. The van der Waals surface area contributed by atoms with E-state index < -0.39 is 6.04 Å². The zero-order valence-electron chi connectivity index (χ0n) is 10.3. The maximum Gasteiger partial charge on any atom is 0.228 e. The number of hydrogen-bond donors (Lipinski definition) is 3. The van der Waals surface area contributed by atoms with Crippen molar-refractivity contribution in [2.24, 2.45) is 10.9 Å². The van der Waals surface area contributed by atoms with Crippen LogP contribution in [0, 0.1) is 0 Å². The highest BCUT2D eigenvalue weighted by Gasteiger charge is 2.32. The number of amides is 1. The van der Waals surface area contributed by atoms with Crippen molar-refractivity contribution in [2.75, 3.05) is 0 Å². The van der Waals surface area contributed by atoms with Crippen LogP contribution < -0.4 is 11.1 Å². The summed E-state index contributed by atoms with van der Waals surface area (Å²) in [5.41, 5.74) is 7.81. The third-order valence-electron chi connectivity index (χ3n) is 3.37. The Morgan fingerprint density at radius 3 is 2.94 bits per heavy atom. The van der Waals surface area contributed by atoms with Crippen LogP contribution in [0.3, 0.4) is 0 Å². The van der Waals surface area contributed by atoms with Gasteiger partial charge in [-0.15, -0.1) is 0 Å². The van der Waals surface area contributed by atoms with E-state index in [9.17, 15) is 4.79 Å². The average Bonchev–Trinajstić information content (AvgIpc) is 2.36. The van der Waals surface area contributed by atoms with Gasteiger partial charge in [-0.1, -0.05) is 36.3 Å². The van der Waals surface area contributed by atoms with Crippen LogP contribution in [0.15, 0.2) is 29.4 Å². The summed E-state index contributed by atoms with van der Waals surface area (Å²) in [4.78, 5) is 12.1. The summed E-state index contributed by atoms with van der Waals surface area (Å²) in [6.07, 6.45) is 1.35. The minimum atomic E-state index is -0.407. The lowest BCUT2D eigenvalue weighted by Gasteiger charge is -2.30. The van der Waals surface area contributed by atoms with Gasteiger partial charge in [-0.05, 0) is 24.0 Å². The molecule has 1 aromatic carbocycles. The van der Waals surface area contributed by atoms with Crippen molar-refractivity contribution >= 4 is 11.7 Å². The first-order valence-corrected chi connectivity index (χ1v) is 6.03. The van der Waals surface area contributed by atoms with Crippen molar-refractivity contribution < 1.29 is 10.0 Å². The number of hydrogen-bond acceptors (Lipinski definition) is 3. The number of benzene rings is 1. The predicted octanol–water partition coefficient (Wildman–Crippen LogP) is 0.967. The first-order chi connectivity index (χ1) is 8.67. The number of fused-ring (bicyclic) bond motifs is 1. The van der Waals surface area contributed by atoms with Gasteiger partial charge in [0, 0.05) is 0 Å². The Bertz CT molecular complexity index is 485. The number of nitrogens with two attached hydrogens (primary N) is 1. The molecule has 0 radical (unpaired) electrons. The van der Waals surface area contributed by atoms with Crippen molar-refractivity contribution in [3.8, 4) is 0 Å². The molecule has 96 valence electrons. The van der Waals surface area contributed by atoms with E-state index in [1.807, 2.05) is 31.2 Å². The van der Waals surface area contributed by atoms with Crippen LogP contribution in [0.4, 0.5) is 0 Å². The number of carbonyl (C=O) groups is 1. The zero-order chi connectivity index (χ0) is 13.1. The van der Waals surface area contributed by atoms with Crippen molar-refractivity contribution in [1.29, 1.82) is 0 Å². The molecule has 2 unspecified atom stereocenters. The van der Waals surface area contributed by atoms with E-state index in [0.717, 1.165) is 12.0 Å². The lowest BCUT2D eigenvalue weighted by molar-refractivity contribution is -0.123. The Morgan fingerprint density at radius 1 is 1.61 bits per heavy atom. The largest absolute Gasteiger partial charge is 0.409 e. The monoisotopic (exact) mass is 247 g/mol. The molecule has 0 saturated heterocycles. The minimum absolute atomic E-state index is 0.0402. The molecule has 0 saturated carbocycles. The molecule has 0 heterocycles. The fourth-order valence-electron chi connectivity index (χ4n) is 2.22. The number of amidine groups is 1. The van der Waals surface area contributed by atoms with Gasteiger partial charge in [0.1, 0.15) is 0 Å². The third kappa shape index (κ3) is 2.16. The summed E-state index contributed by atoms with van der Waals surface area (Å²) in [6, 6.07) is 7.49. The Labute approximate surface area is 106 Å². The Balaban J connectivity index is 2.03. The minimum Gasteiger partial charge on any atom is -0.409 e. The summed E-state index contributed by atoms with van der Waals surface area (Å²) in [7, 11) is 0. The first kappa shape index (κ1) is 12.4. The van der Waals surface area contributed by atoms with Crippen LogP contribution in [0.5, 0.6) is 0 Å². The fraction of sp³-hybridized carbons (Fsp3) is 0.385. The second-order valence-corrected chi connectivity index (χ2v) is 4.45. The molecule has 2 atom stereocenters. The molecule has 0 fully saturated rings. The molecule has 5 nitrogen and oxygen atoms in total. The molecular formula is C13H17N3O2. The zero-order valence-corrected chi connectivity index (χ0v) is 10.3. The van der Waals surface area contributed by atoms with Crippen LogP contribution in [0.25, 0.3) is 0 Å². The molecule has 18 heavy (non-hydrogen) atoms. The smallest absolute Gasteiger partial charge is 0.228 e. The molecule has 0 bridgehead atoms. The van der Waals surface area contributed by atoms with E-state index in [1.54, 1.807) is 0 Å². The van der Waals surface area contributed by atoms with Gasteiger partial charge in [0.15, 0.2) is 5.84 Å². The molecule has 0 spiro atoms. The van der Waals surface area contributed by atoms with Gasteiger partial charge in [0.05, 0.1) is 12.0 Å². The summed E-state index contributed by atoms with van der Waals surface area (Å²) >= 11 is 0. The van der Waals surface area contributed by atoms with Gasteiger partial charge in [-0.3, -0.25) is 4.79 Å². The highest BCUT2D eigenvalue weighted by molar-refractivity contribution is 5.93. The average molecular weight is 247 g/mol. The lowest BCUT2D eigenvalue weighted by atomic mass is 9.77. The molecule has 5 heteroatoms. The second kappa shape index (κ2) is 5.08. The van der Waals surface area contributed by atoms with Gasteiger partial charge >= 0.3 is 0 Å². The summed E-state index contributed by atoms with van der Waals surface area (Å²) in [5.74, 6) is -0.132. The highest BCUT2D eigenvalue weighted by Crippen LogP contribution is 2.34. The second-order valence-electron chi connectivity index (χ2n) is 4.45. The Hall–Kier alpha value is -2.04. The van der Waals surface area contributed by atoms with Crippen molar-refractivity contribution in [1.82, 2.24) is 5.32 Å². The van der Waals surface area contributed by atoms with Crippen LogP contribution in [0.1, 0.15) is 30.4 Å². The van der Waals surface area contributed by atoms with Crippen molar-refractivity contribution in [2.45, 2.75) is 31.7 Å². The van der Waals surface area contributed by atoms with Gasteiger partial charge < -0.3 is 16.3 Å². The molecule has 1 amide bonds. The van der Waals surface area contributed by atoms with Crippen LogP contribution in [0.2, 0.25) is 0 Å². The number of oxime groups is 1. The van der Waals surface area contributed by atoms with Gasteiger partial charge in [-0.2, -0.15) is 0 Å². The van der Waals surface area contributed by atoms with Crippen LogP contribution in [-0.2, 0) is 11.2 Å². The van der Waals surface area contributed by atoms with E-state index in [2.05, 4.69) is 10.5 Å². The standard InChI is InChI=1S/C13H17N3O2/c1-2-11(12(14)16-18)15-13(17)10-7-8-5-3-4-6-9(8)10/h3-6,10-11,18H,2,7H2,1H3,(H2,14,16)(H,15,17). The third-order valence-corrected chi connectivity index (χ3v) is 3.37. The number of carbonyl (C=O) groups excluding carboxylic acids is 1. The topological polar surface area (TPSA) is 87.7 Å². The van der Waals surface area contributed by atoms with E-state index in [1.165, 1.54) is 5.56 Å². The predicted molar refractivity (Wildman–Crippen MR) is 68.5 cm³/mol. The van der Waals surface area contributed by atoms with Crippen molar-refractivity contribution in [3.05, 3.63) is 35.4 Å². The van der Waals surface area contributed by atoms with E-state index >= 15 is 0 Å². The molecule has 1 aromatic rings. The summed E-state index contributed by atoms with van der Waals surface area (Å²) in [6.45, 7) is 1.87. The molecule has 0 aromatic heterocycles. The molecule has 1 aliphatic carbocycles. The van der Waals surface area contributed by atoms with E-state index in [-0.39, 0.29) is 17.7 Å². The maximum absolute atomic E-state index is 12.1. The molecule has 4 N–H and O–H groups in total. The summed E-state index contributed by atoms with van der Waals surface area (Å²) < 4.78 is 0. The summed E-state index contributed by atoms with van der Waals surface area (Å²) in [5, 5.41) is 14.4. The number of rotatable bonds is 4. The van der Waals surface area contributed by atoms with Gasteiger partial charge in [0.25, 0.3) is 0 Å². The van der Waals surface area contributed by atoms with Gasteiger partial charge in [0.2, 0.25) is 5.91 Å². The molecule has 2 rings (SSSR count). The number of nitrogens with one attached hydrogen (secondary N) is 1. The number of nitrogens with zero attached hydrogens (tertiary/aromatic N) is 1. The van der Waals surface area contributed by atoms with Crippen LogP contribution >= 0.6 is 0 Å². The lowest BCUT2D eigenvalue weighted by Crippen LogP contribution is -2.47. The normalized spacial score (nSPS) is 19.6. The van der Waals surface area contributed by atoms with Gasteiger partial charge in [-0.25, -0.2) is 0 Å².